The van der Waals surface area contributed by atoms with E-state index in [9.17, 15) is 4.79 Å². The molecule has 1 heterocycles. The highest BCUT2D eigenvalue weighted by molar-refractivity contribution is 8.01. The van der Waals surface area contributed by atoms with Crippen molar-refractivity contribution in [1.82, 2.24) is 0 Å². The third kappa shape index (κ3) is 1.63. The van der Waals surface area contributed by atoms with Crippen LogP contribution in [0.25, 0.3) is 0 Å². The molecular formula is C11H12OS. The summed E-state index contributed by atoms with van der Waals surface area (Å²) in [7, 11) is 0. The second-order valence-electron chi connectivity index (χ2n) is 3.64. The topological polar surface area (TPSA) is 17.1 Å². The molecule has 1 aromatic carbocycles. The van der Waals surface area contributed by atoms with Crippen LogP contribution in [0, 0.1) is 0 Å². The minimum absolute atomic E-state index is 0.200. The number of aryl methyl sites for hydroxylation is 1. The number of hydrogen-bond acceptors (Lipinski definition) is 2. The Kier molecular flexibility index (Phi) is 2.16. The van der Waals surface area contributed by atoms with Gasteiger partial charge in [-0.05, 0) is 31.4 Å². The average Bonchev–Trinajstić information content (AvgIpc) is 2.18. The second-order valence-corrected chi connectivity index (χ2v) is 5.22. The second kappa shape index (κ2) is 3.18. The molecular weight excluding hydrogens is 180 g/mol. The third-order valence-electron chi connectivity index (χ3n) is 2.46. The van der Waals surface area contributed by atoms with Crippen LogP contribution < -0.4 is 0 Å². The normalized spacial score (nSPS) is 26.5. The zero-order valence-corrected chi connectivity index (χ0v) is 8.43. The Bertz CT molecular complexity index is 335. The number of hydrogen-bond donors (Lipinski definition) is 0. The van der Waals surface area contributed by atoms with Crippen LogP contribution in [0.3, 0.4) is 0 Å². The number of rotatable bonds is 1. The average molecular weight is 192 g/mol. The lowest BCUT2D eigenvalue weighted by Gasteiger charge is -2.28. The summed E-state index contributed by atoms with van der Waals surface area (Å²) < 4.78 is -0.200. The maximum absolute atomic E-state index is 10.9. The molecule has 0 saturated heterocycles. The van der Waals surface area contributed by atoms with Gasteiger partial charge >= 0.3 is 0 Å². The fourth-order valence-corrected chi connectivity index (χ4v) is 2.78. The molecule has 1 aliphatic rings. The molecule has 0 bridgehead atoms. The van der Waals surface area contributed by atoms with Crippen LogP contribution >= 0.6 is 11.8 Å². The maximum atomic E-state index is 10.9. The van der Waals surface area contributed by atoms with Crippen molar-refractivity contribution in [3.8, 4) is 0 Å². The van der Waals surface area contributed by atoms with Gasteiger partial charge in [-0.1, -0.05) is 18.2 Å². The summed E-state index contributed by atoms with van der Waals surface area (Å²) in [5.74, 6) is 0. The molecule has 1 aromatic rings. The van der Waals surface area contributed by atoms with Crippen LogP contribution in [-0.4, -0.2) is 11.0 Å². The molecule has 2 heteroatoms. The standard InChI is InChI=1S/C11H12OS/c1-11(8-12)7-6-9-4-2-3-5-10(9)13-11/h2-5,8H,6-7H2,1H3. The number of carbonyl (C=O) groups excluding carboxylic acids is 1. The summed E-state index contributed by atoms with van der Waals surface area (Å²) in [5.41, 5.74) is 1.38. The lowest BCUT2D eigenvalue weighted by molar-refractivity contribution is -0.109. The fraction of sp³-hybridized carbons (Fsp3) is 0.364. The Balaban J connectivity index is 2.34. The summed E-state index contributed by atoms with van der Waals surface area (Å²) in [6, 6.07) is 8.33. The van der Waals surface area contributed by atoms with E-state index in [-0.39, 0.29) is 4.75 Å². The lowest BCUT2D eigenvalue weighted by atomic mass is 10.0. The lowest BCUT2D eigenvalue weighted by Crippen LogP contribution is -2.26. The Labute approximate surface area is 82.5 Å². The zero-order chi connectivity index (χ0) is 9.31. The molecule has 2 rings (SSSR count). The van der Waals surface area contributed by atoms with Crippen LogP contribution in [0.4, 0.5) is 0 Å². The molecule has 0 amide bonds. The van der Waals surface area contributed by atoms with Gasteiger partial charge < -0.3 is 4.79 Å². The molecule has 0 saturated carbocycles. The fourth-order valence-electron chi connectivity index (χ4n) is 1.58. The van der Waals surface area contributed by atoms with Crippen LogP contribution in [0.2, 0.25) is 0 Å². The molecule has 0 N–H and O–H groups in total. The minimum Gasteiger partial charge on any atom is -0.302 e. The Morgan fingerprint density at radius 3 is 3.00 bits per heavy atom. The Morgan fingerprint density at radius 2 is 2.23 bits per heavy atom. The van der Waals surface area contributed by atoms with Crippen molar-refractivity contribution in [2.45, 2.75) is 29.4 Å². The summed E-state index contributed by atoms with van der Waals surface area (Å²) in [4.78, 5) is 12.1. The summed E-state index contributed by atoms with van der Waals surface area (Å²) >= 11 is 1.69. The van der Waals surface area contributed by atoms with E-state index in [2.05, 4.69) is 18.2 Å². The highest BCUT2D eigenvalue weighted by atomic mass is 32.2. The van der Waals surface area contributed by atoms with Crippen LogP contribution in [0.5, 0.6) is 0 Å². The van der Waals surface area contributed by atoms with Crippen molar-refractivity contribution in [2.24, 2.45) is 0 Å². The van der Waals surface area contributed by atoms with Gasteiger partial charge in [0.2, 0.25) is 0 Å². The van der Waals surface area contributed by atoms with Gasteiger partial charge in [-0.2, -0.15) is 0 Å². The summed E-state index contributed by atoms with van der Waals surface area (Å²) in [5, 5.41) is 0. The highest BCUT2D eigenvalue weighted by Gasteiger charge is 2.29. The number of aldehydes is 1. The van der Waals surface area contributed by atoms with Gasteiger partial charge in [0, 0.05) is 4.90 Å². The first-order chi connectivity index (χ1) is 6.23. The monoisotopic (exact) mass is 192 g/mol. The van der Waals surface area contributed by atoms with Gasteiger partial charge in [-0.15, -0.1) is 11.8 Å². The smallest absolute Gasteiger partial charge is 0.136 e. The summed E-state index contributed by atoms with van der Waals surface area (Å²) in [6.45, 7) is 2.01. The third-order valence-corrected chi connectivity index (χ3v) is 3.84. The molecule has 68 valence electrons. The number of thioether (sulfide) groups is 1. The van der Waals surface area contributed by atoms with E-state index in [0.29, 0.717) is 0 Å². The zero-order valence-electron chi connectivity index (χ0n) is 7.62. The van der Waals surface area contributed by atoms with Crippen molar-refractivity contribution < 1.29 is 4.79 Å². The van der Waals surface area contributed by atoms with Gasteiger partial charge in [0.1, 0.15) is 6.29 Å². The van der Waals surface area contributed by atoms with Gasteiger partial charge in [0.05, 0.1) is 4.75 Å². The first-order valence-electron chi connectivity index (χ1n) is 4.47. The molecule has 0 aliphatic carbocycles. The van der Waals surface area contributed by atoms with Gasteiger partial charge in [-0.25, -0.2) is 0 Å². The number of fused-ring (bicyclic) bond motifs is 1. The van der Waals surface area contributed by atoms with E-state index in [1.54, 1.807) is 11.8 Å². The van der Waals surface area contributed by atoms with Crippen molar-refractivity contribution in [3.05, 3.63) is 29.8 Å². The SMILES string of the molecule is CC1(C=O)CCc2ccccc2S1. The largest absolute Gasteiger partial charge is 0.302 e. The number of carbonyl (C=O) groups is 1. The minimum atomic E-state index is -0.200. The first kappa shape index (κ1) is 8.82. The molecule has 0 fully saturated rings. The van der Waals surface area contributed by atoms with E-state index >= 15 is 0 Å². The molecule has 1 unspecified atom stereocenters. The Hall–Kier alpha value is -0.760. The quantitative estimate of drug-likeness (QED) is 0.636. The number of benzene rings is 1. The van der Waals surface area contributed by atoms with Gasteiger partial charge in [0.25, 0.3) is 0 Å². The van der Waals surface area contributed by atoms with E-state index in [0.717, 1.165) is 19.1 Å². The maximum Gasteiger partial charge on any atom is 0.136 e. The van der Waals surface area contributed by atoms with Crippen LogP contribution in [0.15, 0.2) is 29.2 Å². The highest BCUT2D eigenvalue weighted by Crippen LogP contribution is 2.41. The molecule has 1 nitrogen and oxygen atoms in total. The van der Waals surface area contributed by atoms with Gasteiger partial charge in [-0.3, -0.25) is 0 Å². The first-order valence-corrected chi connectivity index (χ1v) is 5.28. The predicted molar refractivity (Wildman–Crippen MR) is 55.1 cm³/mol. The molecule has 0 radical (unpaired) electrons. The van der Waals surface area contributed by atoms with Crippen molar-refractivity contribution in [3.63, 3.8) is 0 Å². The summed E-state index contributed by atoms with van der Waals surface area (Å²) in [6.07, 6.45) is 3.06. The van der Waals surface area contributed by atoms with Crippen LogP contribution in [0.1, 0.15) is 18.9 Å². The molecule has 1 aliphatic heterocycles. The van der Waals surface area contributed by atoms with Crippen molar-refractivity contribution in [2.75, 3.05) is 0 Å². The molecule has 1 atom stereocenters. The predicted octanol–water partition coefficient (Wildman–Crippen LogP) is 2.68. The Morgan fingerprint density at radius 1 is 1.46 bits per heavy atom. The van der Waals surface area contributed by atoms with E-state index in [4.69, 9.17) is 0 Å². The van der Waals surface area contributed by atoms with E-state index in [1.165, 1.54) is 10.5 Å². The van der Waals surface area contributed by atoms with E-state index < -0.39 is 0 Å². The molecule has 0 spiro atoms. The molecule has 13 heavy (non-hydrogen) atoms. The van der Waals surface area contributed by atoms with Crippen molar-refractivity contribution >= 4 is 18.0 Å². The van der Waals surface area contributed by atoms with E-state index in [1.807, 2.05) is 13.0 Å². The van der Waals surface area contributed by atoms with Crippen molar-refractivity contribution in [1.29, 1.82) is 0 Å². The van der Waals surface area contributed by atoms with Gasteiger partial charge in [0.15, 0.2) is 0 Å². The molecule has 0 aromatic heterocycles. The van der Waals surface area contributed by atoms with Crippen LogP contribution in [-0.2, 0) is 11.2 Å².